The third-order valence-corrected chi connectivity index (χ3v) is 2.04. The number of allylic oxidation sites excluding steroid dienone is 1. The Hall–Kier alpha value is -1.64. The van der Waals surface area contributed by atoms with Gasteiger partial charge in [-0.1, -0.05) is 25.5 Å². The molecule has 1 aromatic rings. The number of unbranched alkanes of at least 4 members (excludes halogenated alkanes) is 1. The van der Waals surface area contributed by atoms with Gasteiger partial charge in [0.2, 0.25) is 5.75 Å². The second kappa shape index (κ2) is 6.77. The first-order valence-corrected chi connectivity index (χ1v) is 5.52. The summed E-state index contributed by atoms with van der Waals surface area (Å²) in [6, 6.07) is 5.10. The fourth-order valence-corrected chi connectivity index (χ4v) is 1.20. The molecule has 0 spiro atoms. The van der Waals surface area contributed by atoms with Crippen LogP contribution in [0.5, 0.6) is 17.2 Å². The molecule has 1 aromatic carbocycles. The molecule has 0 fully saturated rings. The smallest absolute Gasteiger partial charge is 0.209 e. The zero-order valence-electron chi connectivity index (χ0n) is 9.77. The van der Waals surface area contributed by atoms with Crippen LogP contribution in [0, 0.1) is 0 Å². The van der Waals surface area contributed by atoms with Crippen molar-refractivity contribution in [1.29, 1.82) is 0 Å². The monoisotopic (exact) mass is 222 g/mol. The summed E-state index contributed by atoms with van der Waals surface area (Å²) in [5.41, 5.74) is 0. The highest BCUT2D eigenvalue weighted by Gasteiger charge is 2.09. The van der Waals surface area contributed by atoms with E-state index in [0.717, 1.165) is 12.8 Å². The number of aromatic hydroxyl groups is 1. The second-order valence-corrected chi connectivity index (χ2v) is 3.39. The highest BCUT2D eigenvalue weighted by Crippen LogP contribution is 2.36. The third-order valence-electron chi connectivity index (χ3n) is 2.04. The molecule has 3 heteroatoms. The van der Waals surface area contributed by atoms with Crippen molar-refractivity contribution in [3.8, 4) is 17.2 Å². The average Bonchev–Trinajstić information content (AvgIpc) is 2.28. The molecule has 1 rings (SSSR count). The van der Waals surface area contributed by atoms with Gasteiger partial charge in [-0.05, 0) is 25.5 Å². The van der Waals surface area contributed by atoms with Gasteiger partial charge in [0.25, 0.3) is 0 Å². The lowest BCUT2D eigenvalue weighted by molar-refractivity contribution is 0.289. The van der Waals surface area contributed by atoms with Crippen molar-refractivity contribution in [2.75, 3.05) is 6.61 Å². The van der Waals surface area contributed by atoms with E-state index in [4.69, 9.17) is 9.47 Å². The molecule has 1 N–H and O–H groups in total. The summed E-state index contributed by atoms with van der Waals surface area (Å²) in [4.78, 5) is 0. The van der Waals surface area contributed by atoms with E-state index in [1.807, 2.05) is 6.92 Å². The summed E-state index contributed by atoms with van der Waals surface area (Å²) in [6.45, 7) is 4.58. The van der Waals surface area contributed by atoms with E-state index in [-0.39, 0.29) is 5.75 Å². The third kappa shape index (κ3) is 3.50. The van der Waals surface area contributed by atoms with Crippen LogP contribution in [0.2, 0.25) is 0 Å². The zero-order chi connectivity index (χ0) is 11.8. The summed E-state index contributed by atoms with van der Waals surface area (Å²) >= 11 is 0. The Morgan fingerprint density at radius 3 is 2.88 bits per heavy atom. The van der Waals surface area contributed by atoms with Gasteiger partial charge in [-0.15, -0.1) is 0 Å². The van der Waals surface area contributed by atoms with E-state index in [1.165, 1.54) is 6.26 Å². The van der Waals surface area contributed by atoms with Crippen molar-refractivity contribution >= 4 is 0 Å². The van der Waals surface area contributed by atoms with Crippen molar-refractivity contribution in [1.82, 2.24) is 0 Å². The summed E-state index contributed by atoms with van der Waals surface area (Å²) in [7, 11) is 0. The first-order valence-electron chi connectivity index (χ1n) is 5.52. The fraction of sp³-hybridized carbons (Fsp3) is 0.385. The minimum Gasteiger partial charge on any atom is -0.504 e. The van der Waals surface area contributed by atoms with Crippen LogP contribution in [0.15, 0.2) is 30.5 Å². The van der Waals surface area contributed by atoms with Crippen LogP contribution in [0.4, 0.5) is 0 Å². The van der Waals surface area contributed by atoms with Crippen LogP contribution >= 0.6 is 0 Å². The maximum Gasteiger partial charge on any atom is 0.209 e. The van der Waals surface area contributed by atoms with Gasteiger partial charge in [0.15, 0.2) is 11.5 Å². The SMILES string of the molecule is C/C=C\Oc1c(O)cccc1OCCCC. The Labute approximate surface area is 96.3 Å². The molecular formula is C13H18O3. The second-order valence-electron chi connectivity index (χ2n) is 3.39. The molecule has 3 nitrogen and oxygen atoms in total. The lowest BCUT2D eigenvalue weighted by Gasteiger charge is -2.11. The van der Waals surface area contributed by atoms with Gasteiger partial charge in [-0.2, -0.15) is 0 Å². The molecule has 0 aliphatic rings. The first-order chi connectivity index (χ1) is 7.79. The van der Waals surface area contributed by atoms with Gasteiger partial charge in [-0.3, -0.25) is 0 Å². The average molecular weight is 222 g/mol. The summed E-state index contributed by atoms with van der Waals surface area (Å²) in [5.74, 6) is 1.04. The quantitative estimate of drug-likeness (QED) is 0.591. The Balaban J connectivity index is 2.76. The van der Waals surface area contributed by atoms with Crippen LogP contribution in [-0.4, -0.2) is 11.7 Å². The van der Waals surface area contributed by atoms with Crippen molar-refractivity contribution < 1.29 is 14.6 Å². The molecule has 0 saturated carbocycles. The van der Waals surface area contributed by atoms with Crippen molar-refractivity contribution in [3.63, 3.8) is 0 Å². The fourth-order valence-electron chi connectivity index (χ4n) is 1.20. The minimum absolute atomic E-state index is 0.0899. The molecule has 0 amide bonds. The van der Waals surface area contributed by atoms with Crippen LogP contribution in [0.1, 0.15) is 26.7 Å². The Morgan fingerprint density at radius 2 is 2.19 bits per heavy atom. The molecule has 0 unspecified atom stereocenters. The van der Waals surface area contributed by atoms with Gasteiger partial charge in [0, 0.05) is 0 Å². The van der Waals surface area contributed by atoms with Crippen molar-refractivity contribution in [2.45, 2.75) is 26.7 Å². The van der Waals surface area contributed by atoms with Gasteiger partial charge in [0.1, 0.15) is 0 Å². The maximum atomic E-state index is 9.64. The molecule has 0 bridgehead atoms. The molecule has 16 heavy (non-hydrogen) atoms. The zero-order valence-corrected chi connectivity index (χ0v) is 9.77. The van der Waals surface area contributed by atoms with E-state index in [9.17, 15) is 5.11 Å². The molecular weight excluding hydrogens is 204 g/mol. The van der Waals surface area contributed by atoms with Crippen molar-refractivity contribution in [3.05, 3.63) is 30.5 Å². The molecule has 0 aliphatic heterocycles. The molecule has 0 atom stereocenters. The van der Waals surface area contributed by atoms with E-state index in [2.05, 4.69) is 6.92 Å². The van der Waals surface area contributed by atoms with Crippen LogP contribution in [0.25, 0.3) is 0 Å². The highest BCUT2D eigenvalue weighted by atomic mass is 16.5. The van der Waals surface area contributed by atoms with Crippen LogP contribution in [-0.2, 0) is 0 Å². The maximum absolute atomic E-state index is 9.64. The number of hydrogen-bond acceptors (Lipinski definition) is 3. The Morgan fingerprint density at radius 1 is 1.38 bits per heavy atom. The predicted molar refractivity (Wildman–Crippen MR) is 64.0 cm³/mol. The van der Waals surface area contributed by atoms with Gasteiger partial charge < -0.3 is 14.6 Å². The molecule has 0 aromatic heterocycles. The van der Waals surface area contributed by atoms with Crippen LogP contribution in [0.3, 0.4) is 0 Å². The van der Waals surface area contributed by atoms with Gasteiger partial charge in [-0.25, -0.2) is 0 Å². The molecule has 0 saturated heterocycles. The normalized spacial score (nSPS) is 10.6. The lowest BCUT2D eigenvalue weighted by Crippen LogP contribution is -1.98. The topological polar surface area (TPSA) is 38.7 Å². The number of phenolic OH excluding ortho intramolecular Hbond substituents is 1. The highest BCUT2D eigenvalue weighted by molar-refractivity contribution is 5.50. The largest absolute Gasteiger partial charge is 0.504 e. The molecule has 0 heterocycles. The lowest BCUT2D eigenvalue weighted by atomic mass is 10.3. The Kier molecular flexibility index (Phi) is 5.26. The first kappa shape index (κ1) is 12.4. The van der Waals surface area contributed by atoms with Crippen molar-refractivity contribution in [2.24, 2.45) is 0 Å². The minimum atomic E-state index is 0.0899. The van der Waals surface area contributed by atoms with Crippen LogP contribution < -0.4 is 9.47 Å². The number of phenols is 1. The number of rotatable bonds is 6. The predicted octanol–water partition coefficient (Wildman–Crippen LogP) is 3.48. The van der Waals surface area contributed by atoms with E-state index >= 15 is 0 Å². The number of ether oxygens (including phenoxy) is 2. The standard InChI is InChI=1S/C13H18O3/c1-3-5-10-15-12-8-6-7-11(14)13(12)16-9-4-2/h4,6-9,14H,3,5,10H2,1-2H3/b9-4-. The number of hydrogen-bond donors (Lipinski definition) is 1. The number of benzene rings is 1. The summed E-state index contributed by atoms with van der Waals surface area (Å²) < 4.78 is 10.8. The summed E-state index contributed by atoms with van der Waals surface area (Å²) in [5, 5.41) is 9.64. The Bertz CT molecular complexity index is 345. The van der Waals surface area contributed by atoms with E-state index < -0.39 is 0 Å². The number of para-hydroxylation sites is 1. The van der Waals surface area contributed by atoms with Gasteiger partial charge >= 0.3 is 0 Å². The molecule has 0 aliphatic carbocycles. The molecule has 88 valence electrons. The molecule has 0 radical (unpaired) electrons. The van der Waals surface area contributed by atoms with E-state index in [1.54, 1.807) is 24.3 Å². The summed E-state index contributed by atoms with van der Waals surface area (Å²) in [6.07, 6.45) is 5.33. The van der Waals surface area contributed by atoms with Gasteiger partial charge in [0.05, 0.1) is 12.9 Å². The van der Waals surface area contributed by atoms with E-state index in [0.29, 0.717) is 18.1 Å².